The minimum atomic E-state index is -3.26. The summed E-state index contributed by atoms with van der Waals surface area (Å²) in [6.45, 7) is 4.15. The fraction of sp³-hybridized carbons (Fsp3) is 0.400. The zero-order valence-electron chi connectivity index (χ0n) is 13.1. The molecule has 0 radical (unpaired) electrons. The molecule has 2 aromatic rings. The van der Waals surface area contributed by atoms with Crippen LogP contribution < -0.4 is 10.5 Å². The van der Waals surface area contributed by atoms with Gasteiger partial charge in [0.1, 0.15) is 5.75 Å². The number of anilines is 1. The average molecular weight is 354 g/mol. The summed E-state index contributed by atoms with van der Waals surface area (Å²) in [4.78, 5) is 5.58. The molecule has 3 rings (SSSR count). The van der Waals surface area contributed by atoms with Crippen LogP contribution in [0.5, 0.6) is 5.75 Å². The van der Waals surface area contributed by atoms with Crippen molar-refractivity contribution in [1.29, 1.82) is 0 Å². The Bertz CT molecular complexity index is 752. The number of nitrogens with zero attached hydrogens (tertiary/aromatic N) is 1. The largest absolute Gasteiger partial charge is 0.480 e. The van der Waals surface area contributed by atoms with Crippen molar-refractivity contribution in [3.8, 4) is 17.0 Å². The lowest BCUT2D eigenvalue weighted by atomic mass is 10.1. The Morgan fingerprint density at radius 3 is 2.74 bits per heavy atom. The van der Waals surface area contributed by atoms with Crippen LogP contribution in [0.25, 0.3) is 11.3 Å². The summed E-state index contributed by atoms with van der Waals surface area (Å²) in [6, 6.07) is 3.59. The highest BCUT2D eigenvalue weighted by Crippen LogP contribution is 2.50. The van der Waals surface area contributed by atoms with Gasteiger partial charge in [0.15, 0.2) is 6.35 Å². The van der Waals surface area contributed by atoms with Gasteiger partial charge >= 0.3 is 7.60 Å². The van der Waals surface area contributed by atoms with Gasteiger partial charge in [-0.2, -0.15) is 0 Å². The second-order valence-corrected chi connectivity index (χ2v) is 7.96. The van der Waals surface area contributed by atoms with Gasteiger partial charge < -0.3 is 19.5 Å². The van der Waals surface area contributed by atoms with Gasteiger partial charge in [-0.05, 0) is 31.5 Å². The lowest BCUT2D eigenvalue weighted by Gasteiger charge is -2.19. The quantitative estimate of drug-likeness (QED) is 0.512. The minimum absolute atomic E-state index is 0.134. The van der Waals surface area contributed by atoms with E-state index in [0.29, 0.717) is 19.0 Å². The molecule has 0 unspecified atom stereocenters. The van der Waals surface area contributed by atoms with Gasteiger partial charge in [0.05, 0.1) is 24.4 Å². The zero-order valence-corrected chi connectivity index (χ0v) is 14.8. The Labute approximate surface area is 139 Å². The number of hydrogen-bond acceptors (Lipinski definition) is 7. The molecule has 0 saturated heterocycles. The van der Waals surface area contributed by atoms with Crippen LogP contribution in [0.15, 0.2) is 17.6 Å². The van der Waals surface area contributed by atoms with Crippen molar-refractivity contribution in [1.82, 2.24) is 4.98 Å². The Hall–Kier alpha value is -1.40. The van der Waals surface area contributed by atoms with Gasteiger partial charge in [0.25, 0.3) is 0 Å². The second kappa shape index (κ2) is 6.61. The van der Waals surface area contributed by atoms with Crippen LogP contribution in [-0.2, 0) is 20.0 Å². The van der Waals surface area contributed by atoms with Crippen molar-refractivity contribution in [3.05, 3.63) is 28.1 Å². The fourth-order valence-corrected chi connectivity index (χ4v) is 4.71. The maximum Gasteiger partial charge on any atom is 0.367 e. The molecule has 0 fully saturated rings. The maximum absolute atomic E-state index is 12.5. The summed E-state index contributed by atoms with van der Waals surface area (Å²) in [5.74, 6) is 0.610. The normalized spacial score (nSPS) is 13.0. The summed E-state index contributed by atoms with van der Waals surface area (Å²) in [6.07, 6.45) is 0.622. The number of hydrogen-bond donors (Lipinski definition) is 1. The molecule has 0 bridgehead atoms. The molecule has 124 valence electrons. The molecular formula is C15H19N2O4PS. The van der Waals surface area contributed by atoms with E-state index in [0.717, 1.165) is 28.9 Å². The molecule has 1 aliphatic rings. The number of rotatable bonds is 7. The molecule has 1 heterocycles. The maximum atomic E-state index is 12.5. The molecule has 1 aromatic heterocycles. The van der Waals surface area contributed by atoms with Crippen LogP contribution >= 0.6 is 18.9 Å². The van der Waals surface area contributed by atoms with E-state index in [-0.39, 0.29) is 6.35 Å². The van der Waals surface area contributed by atoms with E-state index in [2.05, 4.69) is 4.98 Å². The first-order valence-electron chi connectivity index (χ1n) is 7.43. The second-order valence-electron chi connectivity index (χ2n) is 5.03. The first-order chi connectivity index (χ1) is 11.1. The molecule has 2 N–H and O–H groups in total. The Balaban J connectivity index is 1.88. The van der Waals surface area contributed by atoms with E-state index in [4.69, 9.17) is 19.5 Å². The number of nitrogens with two attached hydrogens (primary N) is 1. The number of ether oxygens (including phenoxy) is 1. The Morgan fingerprint density at radius 1 is 1.30 bits per heavy atom. The van der Waals surface area contributed by atoms with E-state index in [9.17, 15) is 4.57 Å². The van der Waals surface area contributed by atoms with Crippen LogP contribution in [0.4, 0.5) is 5.69 Å². The third-order valence-electron chi connectivity index (χ3n) is 3.56. The molecule has 0 saturated carbocycles. The molecular weight excluding hydrogens is 335 g/mol. The van der Waals surface area contributed by atoms with Gasteiger partial charge in [-0.15, -0.1) is 11.3 Å². The average Bonchev–Trinajstić information content (AvgIpc) is 3.09. The lowest BCUT2D eigenvalue weighted by molar-refractivity contribution is 0.197. The highest BCUT2D eigenvalue weighted by molar-refractivity contribution is 7.53. The smallest absolute Gasteiger partial charge is 0.367 e. The first-order valence-corrected chi connectivity index (χ1v) is 10.0. The van der Waals surface area contributed by atoms with Gasteiger partial charge in [-0.25, -0.2) is 4.98 Å². The number of thiazole rings is 1. The SMILES string of the molecule is CCOP(=O)(COc1ccc(N)c2c1-c1ncsc1C2)OCC. The Kier molecular flexibility index (Phi) is 4.73. The molecule has 8 heteroatoms. The van der Waals surface area contributed by atoms with Gasteiger partial charge in [-0.3, -0.25) is 4.57 Å². The van der Waals surface area contributed by atoms with Gasteiger partial charge in [0.2, 0.25) is 0 Å². The predicted octanol–water partition coefficient (Wildman–Crippen LogP) is 3.90. The standard InChI is InChI=1S/C15H19N2O4PS/c1-3-20-22(18,21-4-2)9-19-12-6-5-11(16)10-7-13-15(14(10)12)17-8-23-13/h5-6,8H,3-4,7,9,16H2,1-2H3. The van der Waals surface area contributed by atoms with Crippen LogP contribution in [0, 0.1) is 0 Å². The summed E-state index contributed by atoms with van der Waals surface area (Å²) in [5, 5.41) is 0. The van der Waals surface area contributed by atoms with Gasteiger partial charge in [0, 0.05) is 22.5 Å². The predicted molar refractivity (Wildman–Crippen MR) is 91.1 cm³/mol. The van der Waals surface area contributed by atoms with E-state index < -0.39 is 7.60 Å². The number of nitrogen functional groups attached to an aromatic ring is 1. The van der Waals surface area contributed by atoms with Crippen LogP contribution in [-0.4, -0.2) is 24.5 Å². The Morgan fingerprint density at radius 2 is 2.04 bits per heavy atom. The van der Waals surface area contributed by atoms with Crippen LogP contribution in [0.3, 0.4) is 0 Å². The van der Waals surface area contributed by atoms with Crippen LogP contribution in [0.1, 0.15) is 24.3 Å². The molecule has 0 spiro atoms. The molecule has 6 nitrogen and oxygen atoms in total. The molecule has 1 aliphatic carbocycles. The summed E-state index contributed by atoms with van der Waals surface area (Å²) >= 11 is 1.60. The summed E-state index contributed by atoms with van der Waals surface area (Å²) < 4.78 is 28.9. The van der Waals surface area contributed by atoms with Crippen molar-refractivity contribution >= 4 is 24.6 Å². The third kappa shape index (κ3) is 3.15. The summed E-state index contributed by atoms with van der Waals surface area (Å²) in [7, 11) is -3.26. The number of aromatic nitrogens is 1. The van der Waals surface area contributed by atoms with E-state index in [1.165, 1.54) is 4.88 Å². The van der Waals surface area contributed by atoms with E-state index in [1.807, 2.05) is 5.51 Å². The molecule has 23 heavy (non-hydrogen) atoms. The highest BCUT2D eigenvalue weighted by atomic mass is 32.1. The highest BCUT2D eigenvalue weighted by Gasteiger charge is 2.29. The monoisotopic (exact) mass is 354 g/mol. The topological polar surface area (TPSA) is 83.7 Å². The van der Waals surface area contributed by atoms with E-state index in [1.54, 1.807) is 37.3 Å². The van der Waals surface area contributed by atoms with E-state index >= 15 is 0 Å². The van der Waals surface area contributed by atoms with Crippen molar-refractivity contribution in [2.75, 3.05) is 25.3 Å². The number of fused-ring (bicyclic) bond motifs is 3. The summed E-state index contributed by atoms with van der Waals surface area (Å²) in [5.41, 5.74) is 11.4. The third-order valence-corrected chi connectivity index (χ3v) is 6.14. The van der Waals surface area contributed by atoms with Crippen molar-refractivity contribution in [2.45, 2.75) is 20.3 Å². The lowest BCUT2D eigenvalue weighted by Crippen LogP contribution is -2.07. The molecule has 0 amide bonds. The molecule has 0 atom stereocenters. The van der Waals surface area contributed by atoms with Gasteiger partial charge in [-0.1, -0.05) is 0 Å². The molecule has 0 aliphatic heterocycles. The van der Waals surface area contributed by atoms with Crippen molar-refractivity contribution in [3.63, 3.8) is 0 Å². The number of benzene rings is 1. The zero-order chi connectivity index (χ0) is 16.4. The van der Waals surface area contributed by atoms with Crippen LogP contribution in [0.2, 0.25) is 0 Å². The first kappa shape index (κ1) is 16.5. The fourth-order valence-electron chi connectivity index (χ4n) is 2.63. The van der Waals surface area contributed by atoms with Crippen molar-refractivity contribution < 1.29 is 18.3 Å². The minimum Gasteiger partial charge on any atom is -0.480 e. The molecule has 1 aromatic carbocycles. The van der Waals surface area contributed by atoms with Crippen molar-refractivity contribution in [2.24, 2.45) is 0 Å².